The molecule has 1 aliphatic rings. The molecule has 1 atom stereocenters. The maximum atomic E-state index is 11.8. The number of benzene rings is 1. The van der Waals surface area contributed by atoms with Gasteiger partial charge in [-0.25, -0.2) is 0 Å². The van der Waals surface area contributed by atoms with Crippen molar-refractivity contribution in [2.45, 2.75) is 13.3 Å². The van der Waals surface area contributed by atoms with Crippen LogP contribution >= 0.6 is 22.6 Å². The molecule has 3 nitrogen and oxygen atoms in total. The summed E-state index contributed by atoms with van der Waals surface area (Å²) in [6.07, 6.45) is 0.460. The van der Waals surface area contributed by atoms with Crippen LogP contribution in [0.4, 0.5) is 5.69 Å². The summed E-state index contributed by atoms with van der Waals surface area (Å²) in [5.74, 6) is 0.203. The van der Waals surface area contributed by atoms with Crippen molar-refractivity contribution in [2.75, 3.05) is 18.1 Å². The molecule has 0 radical (unpaired) electrons. The molecule has 0 spiro atoms. The van der Waals surface area contributed by atoms with Crippen LogP contribution in [-0.4, -0.2) is 24.2 Å². The predicted molar refractivity (Wildman–Crippen MR) is 71.4 cm³/mol. The molecule has 1 amide bonds. The Morgan fingerprint density at radius 2 is 2.31 bits per heavy atom. The van der Waals surface area contributed by atoms with Crippen LogP contribution in [0.5, 0.6) is 0 Å². The second-order valence-corrected chi connectivity index (χ2v) is 5.30. The Hall–Kier alpha value is -0.620. The van der Waals surface area contributed by atoms with Gasteiger partial charge in [-0.05, 0) is 47.2 Å². The van der Waals surface area contributed by atoms with Gasteiger partial charge in [0, 0.05) is 34.7 Å². The predicted octanol–water partition coefficient (Wildman–Crippen LogP) is 1.94. The number of aliphatic hydroxyl groups is 1. The van der Waals surface area contributed by atoms with Crippen molar-refractivity contribution in [3.05, 3.63) is 27.3 Å². The van der Waals surface area contributed by atoms with Gasteiger partial charge in [-0.15, -0.1) is 0 Å². The van der Waals surface area contributed by atoms with Gasteiger partial charge < -0.3 is 10.0 Å². The average molecular weight is 331 g/mol. The standard InChI is InChI=1S/C12H14INO2/c1-8-10(13)3-2-4-11(8)14-6-9(7-15)5-12(14)16/h2-4,9,15H,5-7H2,1H3. The number of carbonyl (C=O) groups excluding carboxylic acids is 1. The summed E-state index contributed by atoms with van der Waals surface area (Å²) in [5, 5.41) is 9.09. The van der Waals surface area contributed by atoms with Gasteiger partial charge in [0.2, 0.25) is 5.91 Å². The second-order valence-electron chi connectivity index (χ2n) is 4.14. The third kappa shape index (κ3) is 2.08. The van der Waals surface area contributed by atoms with Gasteiger partial charge >= 0.3 is 0 Å². The number of carbonyl (C=O) groups is 1. The number of aliphatic hydroxyl groups excluding tert-OH is 1. The van der Waals surface area contributed by atoms with Crippen LogP contribution < -0.4 is 4.90 Å². The molecule has 1 aliphatic heterocycles. The maximum absolute atomic E-state index is 11.8. The van der Waals surface area contributed by atoms with E-state index in [0.717, 1.165) is 14.8 Å². The first kappa shape index (κ1) is 11.9. The molecule has 16 heavy (non-hydrogen) atoms. The molecule has 1 aromatic rings. The minimum atomic E-state index is 0.0877. The van der Waals surface area contributed by atoms with E-state index in [0.29, 0.717) is 13.0 Å². The Morgan fingerprint density at radius 3 is 2.94 bits per heavy atom. The van der Waals surface area contributed by atoms with E-state index in [2.05, 4.69) is 22.6 Å². The largest absolute Gasteiger partial charge is 0.396 e. The van der Waals surface area contributed by atoms with E-state index >= 15 is 0 Å². The van der Waals surface area contributed by atoms with Crippen LogP contribution in [0.3, 0.4) is 0 Å². The molecular weight excluding hydrogens is 317 g/mol. The summed E-state index contributed by atoms with van der Waals surface area (Å²) < 4.78 is 1.16. The summed E-state index contributed by atoms with van der Waals surface area (Å²) in [6.45, 7) is 2.75. The van der Waals surface area contributed by atoms with Crippen LogP contribution in [0, 0.1) is 16.4 Å². The van der Waals surface area contributed by atoms with Crippen molar-refractivity contribution in [3.63, 3.8) is 0 Å². The van der Waals surface area contributed by atoms with Crippen LogP contribution in [0.15, 0.2) is 18.2 Å². The molecule has 86 valence electrons. The highest BCUT2D eigenvalue weighted by Gasteiger charge is 2.30. The quantitative estimate of drug-likeness (QED) is 0.842. The van der Waals surface area contributed by atoms with Gasteiger partial charge in [-0.1, -0.05) is 6.07 Å². The van der Waals surface area contributed by atoms with E-state index in [1.54, 1.807) is 4.90 Å². The van der Waals surface area contributed by atoms with Crippen LogP contribution in [0.1, 0.15) is 12.0 Å². The molecule has 0 aromatic heterocycles. The first-order valence-electron chi connectivity index (χ1n) is 5.30. The minimum Gasteiger partial charge on any atom is -0.396 e. The van der Waals surface area contributed by atoms with Crippen LogP contribution in [0.25, 0.3) is 0 Å². The molecule has 1 heterocycles. The molecule has 1 N–H and O–H groups in total. The first-order chi connectivity index (χ1) is 7.63. The lowest BCUT2D eigenvalue weighted by Crippen LogP contribution is -2.25. The fourth-order valence-electron chi connectivity index (χ4n) is 2.03. The van der Waals surface area contributed by atoms with E-state index in [4.69, 9.17) is 5.11 Å². The number of rotatable bonds is 2. The van der Waals surface area contributed by atoms with Gasteiger partial charge in [0.1, 0.15) is 0 Å². The zero-order chi connectivity index (χ0) is 11.7. The molecule has 1 unspecified atom stereocenters. The van der Waals surface area contributed by atoms with Crippen LogP contribution in [-0.2, 0) is 4.79 Å². The Morgan fingerprint density at radius 1 is 1.56 bits per heavy atom. The summed E-state index contributed by atoms with van der Waals surface area (Å²) in [7, 11) is 0. The zero-order valence-electron chi connectivity index (χ0n) is 9.11. The maximum Gasteiger partial charge on any atom is 0.227 e. The van der Waals surface area contributed by atoms with Crippen molar-refractivity contribution in [1.29, 1.82) is 0 Å². The summed E-state index contributed by atoms with van der Waals surface area (Å²) in [6, 6.07) is 5.96. The van der Waals surface area contributed by atoms with Gasteiger partial charge in [0.15, 0.2) is 0 Å². The number of anilines is 1. The lowest BCUT2D eigenvalue weighted by molar-refractivity contribution is -0.117. The average Bonchev–Trinajstić information content (AvgIpc) is 2.64. The zero-order valence-corrected chi connectivity index (χ0v) is 11.3. The van der Waals surface area contributed by atoms with Crippen molar-refractivity contribution in [2.24, 2.45) is 5.92 Å². The smallest absolute Gasteiger partial charge is 0.227 e. The van der Waals surface area contributed by atoms with Crippen molar-refractivity contribution >= 4 is 34.2 Å². The van der Waals surface area contributed by atoms with Gasteiger partial charge in [-0.2, -0.15) is 0 Å². The molecule has 4 heteroatoms. The van der Waals surface area contributed by atoms with E-state index < -0.39 is 0 Å². The lowest BCUT2D eigenvalue weighted by atomic mass is 10.1. The number of halogens is 1. The molecular formula is C12H14INO2. The van der Waals surface area contributed by atoms with E-state index in [1.165, 1.54) is 0 Å². The van der Waals surface area contributed by atoms with Gasteiger partial charge in [0.05, 0.1) is 0 Å². The Labute approximate surface area is 109 Å². The number of amides is 1. The molecule has 1 saturated heterocycles. The Bertz CT molecular complexity index is 419. The molecule has 0 aliphatic carbocycles. The van der Waals surface area contributed by atoms with Gasteiger partial charge in [0.25, 0.3) is 0 Å². The number of hydrogen-bond donors (Lipinski definition) is 1. The highest BCUT2D eigenvalue weighted by molar-refractivity contribution is 14.1. The lowest BCUT2D eigenvalue weighted by Gasteiger charge is -2.19. The van der Waals surface area contributed by atoms with Crippen LogP contribution in [0.2, 0.25) is 0 Å². The summed E-state index contributed by atoms with van der Waals surface area (Å²) in [5.41, 5.74) is 2.11. The van der Waals surface area contributed by atoms with Crippen molar-refractivity contribution in [1.82, 2.24) is 0 Å². The molecule has 1 fully saturated rings. The Kier molecular flexibility index (Phi) is 3.49. The fraction of sp³-hybridized carbons (Fsp3) is 0.417. The normalized spacial score (nSPS) is 20.6. The first-order valence-corrected chi connectivity index (χ1v) is 6.37. The van der Waals surface area contributed by atoms with E-state index in [9.17, 15) is 4.79 Å². The number of hydrogen-bond acceptors (Lipinski definition) is 2. The third-order valence-corrected chi connectivity index (χ3v) is 4.16. The van der Waals surface area contributed by atoms with Crippen molar-refractivity contribution < 1.29 is 9.90 Å². The molecule has 0 saturated carbocycles. The molecule has 1 aromatic carbocycles. The number of nitrogens with zero attached hydrogens (tertiary/aromatic N) is 1. The molecule has 2 rings (SSSR count). The van der Waals surface area contributed by atoms with Gasteiger partial charge in [-0.3, -0.25) is 4.79 Å². The summed E-state index contributed by atoms with van der Waals surface area (Å²) in [4.78, 5) is 13.6. The van der Waals surface area contributed by atoms with Crippen molar-refractivity contribution in [3.8, 4) is 0 Å². The SMILES string of the molecule is Cc1c(I)cccc1N1CC(CO)CC1=O. The summed E-state index contributed by atoms with van der Waals surface area (Å²) >= 11 is 2.27. The third-order valence-electron chi connectivity index (χ3n) is 2.99. The second kappa shape index (κ2) is 4.71. The van der Waals surface area contributed by atoms with E-state index in [1.807, 2.05) is 25.1 Å². The van der Waals surface area contributed by atoms with E-state index in [-0.39, 0.29) is 18.4 Å². The minimum absolute atomic E-state index is 0.0877. The highest BCUT2D eigenvalue weighted by atomic mass is 127. The monoisotopic (exact) mass is 331 g/mol. The highest BCUT2D eigenvalue weighted by Crippen LogP contribution is 2.29. The Balaban J connectivity index is 2.31. The molecule has 0 bridgehead atoms. The topological polar surface area (TPSA) is 40.5 Å². The fourth-order valence-corrected chi connectivity index (χ4v) is 2.51.